The topological polar surface area (TPSA) is 23.1 Å². The summed E-state index contributed by atoms with van der Waals surface area (Å²) in [6.45, 7) is 5.03. The molecule has 44 valence electrons. The van der Waals surface area contributed by atoms with Crippen molar-refractivity contribution >= 4 is 23.1 Å². The molecule has 0 saturated heterocycles. The van der Waals surface area contributed by atoms with E-state index in [1.807, 2.05) is 0 Å². The maximum atomic E-state index is 10.1. The van der Waals surface area contributed by atoms with Crippen molar-refractivity contribution in [2.45, 2.75) is 19.4 Å². The Bertz CT molecular complexity index is 47.7. The number of halogens is 1. The molecule has 0 aliphatic carbocycles. The Hall–Kier alpha value is 0.756. The van der Waals surface area contributed by atoms with Gasteiger partial charge >= 0.3 is 23.1 Å². The summed E-state index contributed by atoms with van der Waals surface area (Å²) >= 11 is 0. The van der Waals surface area contributed by atoms with Crippen molar-refractivity contribution < 1.29 is 17.5 Å². The number of hydrogen-bond acceptors (Lipinski definition) is 1. The molecule has 1 nitrogen and oxygen atoms in total. The summed E-state index contributed by atoms with van der Waals surface area (Å²) in [6, 6.07) is 0. The summed E-state index contributed by atoms with van der Waals surface area (Å²) in [5.74, 6) is 0. The van der Waals surface area contributed by atoms with E-state index in [9.17, 15) is 5.11 Å². The van der Waals surface area contributed by atoms with Crippen molar-refractivity contribution in [3.63, 3.8) is 0 Å². The molecule has 0 aromatic heterocycles. The zero-order valence-electron chi connectivity index (χ0n) is 5.06. The minimum absolute atomic E-state index is 0. The Labute approximate surface area is 72.7 Å². The summed E-state index contributed by atoms with van der Waals surface area (Å²) in [6.07, 6.45) is 1.75. The van der Waals surface area contributed by atoms with Crippen molar-refractivity contribution in [1.82, 2.24) is 0 Å². The van der Waals surface area contributed by atoms with E-state index < -0.39 is 6.10 Å². The van der Waals surface area contributed by atoms with E-state index in [2.05, 4.69) is 6.58 Å². The van der Waals surface area contributed by atoms with Gasteiger partial charge in [0.25, 0.3) is 0 Å². The van der Waals surface area contributed by atoms with Crippen LogP contribution in [0.1, 0.15) is 13.3 Å². The Morgan fingerprint density at radius 3 is 2.12 bits per heavy atom. The van der Waals surface area contributed by atoms with Crippen LogP contribution in [0.5, 0.6) is 0 Å². The molecule has 0 aromatic carbocycles. The standard InChI is InChI=1S/C5H9O.ClH.Mg/c1-3-4-5(2)6;;/h3,5H,1,4H2,2H3;1H;/q-1;;+2/p-1/t5-;;/m1../s1. The molecular formula is C5H9ClMgO. The van der Waals surface area contributed by atoms with Crippen LogP contribution in [-0.4, -0.2) is 29.2 Å². The van der Waals surface area contributed by atoms with Crippen LogP contribution in [0.4, 0.5) is 0 Å². The molecule has 0 heterocycles. The van der Waals surface area contributed by atoms with E-state index in [1.165, 1.54) is 0 Å². The van der Waals surface area contributed by atoms with Crippen molar-refractivity contribution in [2.24, 2.45) is 0 Å². The molecule has 0 bridgehead atoms. The van der Waals surface area contributed by atoms with E-state index in [-0.39, 0.29) is 35.5 Å². The summed E-state index contributed by atoms with van der Waals surface area (Å²) in [7, 11) is 0. The van der Waals surface area contributed by atoms with E-state index in [4.69, 9.17) is 0 Å². The molecule has 0 aliphatic rings. The van der Waals surface area contributed by atoms with Crippen molar-refractivity contribution in [1.29, 1.82) is 0 Å². The van der Waals surface area contributed by atoms with Crippen LogP contribution in [0.2, 0.25) is 0 Å². The summed E-state index contributed by atoms with van der Waals surface area (Å²) in [4.78, 5) is 0. The van der Waals surface area contributed by atoms with Gasteiger partial charge in [0.15, 0.2) is 0 Å². The van der Waals surface area contributed by atoms with Gasteiger partial charge in [0, 0.05) is 0 Å². The molecule has 3 heteroatoms. The molecule has 0 spiro atoms. The molecule has 0 radical (unpaired) electrons. The van der Waals surface area contributed by atoms with Crippen LogP contribution in [0, 0.1) is 0 Å². The largest absolute Gasteiger partial charge is 2.00 e. The summed E-state index contributed by atoms with van der Waals surface area (Å²) in [5, 5.41) is 10.1. The Morgan fingerprint density at radius 2 is 2.12 bits per heavy atom. The van der Waals surface area contributed by atoms with Crippen LogP contribution in [0.15, 0.2) is 12.7 Å². The van der Waals surface area contributed by atoms with Crippen molar-refractivity contribution in [3.05, 3.63) is 12.7 Å². The molecule has 1 atom stereocenters. The molecule has 0 fully saturated rings. The first-order chi connectivity index (χ1) is 2.77. The predicted octanol–water partition coefficient (Wildman–Crippen LogP) is -3.07. The van der Waals surface area contributed by atoms with E-state index in [0.717, 1.165) is 0 Å². The van der Waals surface area contributed by atoms with Gasteiger partial charge in [-0.25, -0.2) is 0 Å². The van der Waals surface area contributed by atoms with Gasteiger partial charge in [0.1, 0.15) is 0 Å². The van der Waals surface area contributed by atoms with E-state index >= 15 is 0 Å². The molecule has 0 N–H and O–H groups in total. The first kappa shape index (κ1) is 15.9. The number of hydrogen-bond donors (Lipinski definition) is 0. The molecule has 0 aliphatic heterocycles. The molecule has 0 unspecified atom stereocenters. The minimum Gasteiger partial charge on any atom is -1.00 e. The predicted molar refractivity (Wildman–Crippen MR) is 30.0 cm³/mol. The van der Waals surface area contributed by atoms with Gasteiger partial charge in [0.05, 0.1) is 0 Å². The Balaban J connectivity index is -0.000000125. The van der Waals surface area contributed by atoms with Crippen LogP contribution in [0.25, 0.3) is 0 Å². The second-order valence-electron chi connectivity index (χ2n) is 1.33. The summed E-state index contributed by atoms with van der Waals surface area (Å²) in [5.41, 5.74) is 0. The number of rotatable bonds is 2. The monoisotopic (exact) mass is 144 g/mol. The second kappa shape index (κ2) is 10.7. The van der Waals surface area contributed by atoms with E-state index in [0.29, 0.717) is 6.42 Å². The van der Waals surface area contributed by atoms with Crippen LogP contribution in [-0.2, 0) is 0 Å². The minimum atomic E-state index is -0.470. The molecular weight excluding hydrogens is 136 g/mol. The Kier molecular flexibility index (Phi) is 21.2. The van der Waals surface area contributed by atoms with Gasteiger partial charge in [-0.1, -0.05) is 13.0 Å². The molecule has 0 aromatic rings. The third kappa shape index (κ3) is 15.9. The summed E-state index contributed by atoms with van der Waals surface area (Å²) < 4.78 is 0. The fourth-order valence-corrected chi connectivity index (χ4v) is 0.235. The van der Waals surface area contributed by atoms with Crippen molar-refractivity contribution in [2.75, 3.05) is 0 Å². The van der Waals surface area contributed by atoms with Gasteiger partial charge in [-0.3, -0.25) is 0 Å². The van der Waals surface area contributed by atoms with Crippen LogP contribution in [0.3, 0.4) is 0 Å². The zero-order valence-corrected chi connectivity index (χ0v) is 7.23. The van der Waals surface area contributed by atoms with Crippen molar-refractivity contribution in [3.8, 4) is 0 Å². The fourth-order valence-electron chi connectivity index (χ4n) is 0.235. The quantitative estimate of drug-likeness (QED) is 0.298. The smallest absolute Gasteiger partial charge is 1.00 e. The first-order valence-electron chi connectivity index (χ1n) is 2.04. The molecule has 0 rings (SSSR count). The maximum absolute atomic E-state index is 10.1. The second-order valence-corrected chi connectivity index (χ2v) is 1.33. The SMILES string of the molecule is C=CC[C@@H](C)[O-].[Cl-].[Mg+2]. The average Bonchev–Trinajstić information content (AvgIpc) is 1.35. The van der Waals surface area contributed by atoms with Gasteiger partial charge in [-0.15, -0.1) is 12.7 Å². The first-order valence-corrected chi connectivity index (χ1v) is 2.04. The van der Waals surface area contributed by atoms with Gasteiger partial charge in [-0.05, 0) is 6.42 Å². The third-order valence-corrected chi connectivity index (χ3v) is 0.499. The Morgan fingerprint density at radius 1 is 1.75 bits per heavy atom. The van der Waals surface area contributed by atoms with Gasteiger partial charge in [-0.2, -0.15) is 0 Å². The van der Waals surface area contributed by atoms with Crippen LogP contribution < -0.4 is 17.5 Å². The maximum Gasteiger partial charge on any atom is 2.00 e. The fraction of sp³-hybridized carbons (Fsp3) is 0.600. The normalized spacial score (nSPS) is 10.2. The molecule has 0 saturated carbocycles. The third-order valence-electron chi connectivity index (χ3n) is 0.499. The molecule has 8 heavy (non-hydrogen) atoms. The average molecular weight is 145 g/mol. The van der Waals surface area contributed by atoms with Crippen LogP contribution >= 0.6 is 0 Å². The molecule has 0 amide bonds. The van der Waals surface area contributed by atoms with Gasteiger partial charge < -0.3 is 17.5 Å². The van der Waals surface area contributed by atoms with E-state index in [1.54, 1.807) is 13.0 Å². The zero-order chi connectivity index (χ0) is 4.99. The van der Waals surface area contributed by atoms with Gasteiger partial charge in [0.2, 0.25) is 0 Å².